The van der Waals surface area contributed by atoms with Gasteiger partial charge in [0.15, 0.2) is 0 Å². The van der Waals surface area contributed by atoms with Gasteiger partial charge in [-0.1, -0.05) is 39.5 Å². The van der Waals surface area contributed by atoms with E-state index in [4.69, 9.17) is 4.74 Å². The van der Waals surface area contributed by atoms with Gasteiger partial charge in [-0.25, -0.2) is 4.79 Å². The van der Waals surface area contributed by atoms with Crippen LogP contribution >= 0.6 is 0 Å². The van der Waals surface area contributed by atoms with Gasteiger partial charge in [0.1, 0.15) is 6.10 Å². The van der Waals surface area contributed by atoms with Crippen LogP contribution in [0.1, 0.15) is 71.6 Å². The standard InChI is InChI=1S/C17H34N2O2/c1-3-5-6-7-11-16(10-4-2)21-17(20)18-12-15-19-13-8-9-14-19/h16H,3-15H2,1-2H3,(H,18,20). The largest absolute Gasteiger partial charge is 0.446 e. The van der Waals surface area contributed by atoms with Crippen molar-refractivity contribution in [2.75, 3.05) is 26.2 Å². The number of hydrogen-bond acceptors (Lipinski definition) is 3. The van der Waals surface area contributed by atoms with Gasteiger partial charge in [0, 0.05) is 13.1 Å². The van der Waals surface area contributed by atoms with Gasteiger partial charge in [0.05, 0.1) is 0 Å². The molecule has 1 N–H and O–H groups in total. The fraction of sp³-hybridized carbons (Fsp3) is 0.941. The Labute approximate surface area is 130 Å². The Morgan fingerprint density at radius 3 is 2.52 bits per heavy atom. The van der Waals surface area contributed by atoms with E-state index in [1.54, 1.807) is 0 Å². The van der Waals surface area contributed by atoms with Crippen LogP contribution in [0.2, 0.25) is 0 Å². The summed E-state index contributed by atoms with van der Waals surface area (Å²) in [7, 11) is 0. The van der Waals surface area contributed by atoms with E-state index in [0.717, 1.165) is 25.8 Å². The Bertz CT molecular complexity index is 266. The van der Waals surface area contributed by atoms with Crippen molar-refractivity contribution in [2.45, 2.75) is 77.7 Å². The molecule has 0 aromatic rings. The highest BCUT2D eigenvalue weighted by atomic mass is 16.6. The van der Waals surface area contributed by atoms with E-state index in [-0.39, 0.29) is 12.2 Å². The molecule has 4 nitrogen and oxygen atoms in total. The SMILES string of the molecule is CCCCCCC(CCC)OC(=O)NCCN1CCCC1. The predicted octanol–water partition coefficient (Wildman–Crippen LogP) is 3.95. The first-order valence-electron chi connectivity index (χ1n) is 8.93. The molecule has 4 heteroatoms. The smallest absolute Gasteiger partial charge is 0.407 e. The summed E-state index contributed by atoms with van der Waals surface area (Å²) in [6.45, 7) is 8.36. The molecule has 1 aliphatic heterocycles. The van der Waals surface area contributed by atoms with E-state index in [1.807, 2.05) is 0 Å². The topological polar surface area (TPSA) is 41.6 Å². The van der Waals surface area contributed by atoms with Gasteiger partial charge in [-0.05, 0) is 45.2 Å². The number of amides is 1. The maximum absolute atomic E-state index is 11.8. The Hall–Kier alpha value is -0.770. The monoisotopic (exact) mass is 298 g/mol. The number of unbranched alkanes of at least 4 members (excludes halogenated alkanes) is 3. The second kappa shape index (κ2) is 11.8. The summed E-state index contributed by atoms with van der Waals surface area (Å²) in [6.07, 6.45) is 10.4. The summed E-state index contributed by atoms with van der Waals surface area (Å²) in [4.78, 5) is 14.2. The highest BCUT2D eigenvalue weighted by Crippen LogP contribution is 2.13. The van der Waals surface area contributed by atoms with Gasteiger partial charge < -0.3 is 15.0 Å². The lowest BCUT2D eigenvalue weighted by Crippen LogP contribution is -2.35. The number of nitrogens with zero attached hydrogens (tertiary/aromatic N) is 1. The summed E-state index contributed by atoms with van der Waals surface area (Å²) in [5.41, 5.74) is 0. The van der Waals surface area contributed by atoms with Crippen molar-refractivity contribution >= 4 is 6.09 Å². The van der Waals surface area contributed by atoms with Gasteiger partial charge in [-0.2, -0.15) is 0 Å². The minimum Gasteiger partial charge on any atom is -0.446 e. The molecule has 21 heavy (non-hydrogen) atoms. The lowest BCUT2D eigenvalue weighted by molar-refractivity contribution is 0.0848. The zero-order valence-corrected chi connectivity index (χ0v) is 14.0. The van der Waals surface area contributed by atoms with Crippen LogP contribution < -0.4 is 5.32 Å². The average Bonchev–Trinajstić information content (AvgIpc) is 2.97. The summed E-state index contributed by atoms with van der Waals surface area (Å²) in [6, 6.07) is 0. The van der Waals surface area contributed by atoms with E-state index in [9.17, 15) is 4.79 Å². The van der Waals surface area contributed by atoms with Gasteiger partial charge in [-0.3, -0.25) is 0 Å². The molecule has 0 radical (unpaired) electrons. The molecule has 0 aromatic heterocycles. The van der Waals surface area contributed by atoms with Gasteiger partial charge in [0.25, 0.3) is 0 Å². The molecule has 1 atom stereocenters. The number of rotatable bonds is 11. The molecule has 124 valence electrons. The number of carbonyl (C=O) groups excluding carboxylic acids is 1. The van der Waals surface area contributed by atoms with E-state index < -0.39 is 0 Å². The molecule has 1 amide bonds. The lowest BCUT2D eigenvalue weighted by atomic mass is 10.1. The Morgan fingerprint density at radius 1 is 1.10 bits per heavy atom. The zero-order chi connectivity index (χ0) is 15.3. The van der Waals surface area contributed by atoms with Crippen molar-refractivity contribution in [1.82, 2.24) is 10.2 Å². The summed E-state index contributed by atoms with van der Waals surface area (Å²) < 4.78 is 5.57. The molecular formula is C17H34N2O2. The zero-order valence-electron chi connectivity index (χ0n) is 14.0. The second-order valence-electron chi connectivity index (χ2n) is 6.14. The Kier molecular flexibility index (Phi) is 10.3. The third-order valence-corrected chi connectivity index (χ3v) is 4.16. The average molecular weight is 298 g/mol. The predicted molar refractivity (Wildman–Crippen MR) is 87.6 cm³/mol. The van der Waals surface area contributed by atoms with Crippen molar-refractivity contribution in [1.29, 1.82) is 0 Å². The summed E-state index contributed by atoms with van der Waals surface area (Å²) in [5, 5.41) is 2.90. The Morgan fingerprint density at radius 2 is 1.86 bits per heavy atom. The molecule has 0 aromatic carbocycles. The number of ether oxygens (including phenoxy) is 1. The molecule has 0 aliphatic carbocycles. The Balaban J connectivity index is 2.11. The number of carbonyl (C=O) groups is 1. The van der Waals surface area contributed by atoms with Crippen molar-refractivity contribution in [3.8, 4) is 0 Å². The first-order chi connectivity index (χ1) is 10.3. The maximum atomic E-state index is 11.8. The molecule has 1 fully saturated rings. The van der Waals surface area contributed by atoms with E-state index in [2.05, 4.69) is 24.1 Å². The van der Waals surface area contributed by atoms with Crippen molar-refractivity contribution in [3.63, 3.8) is 0 Å². The minimum atomic E-state index is -0.233. The first kappa shape index (κ1) is 18.3. The number of nitrogens with one attached hydrogen (secondary N) is 1. The quantitative estimate of drug-likeness (QED) is 0.587. The fourth-order valence-corrected chi connectivity index (χ4v) is 2.90. The molecule has 1 aliphatic rings. The number of hydrogen-bond donors (Lipinski definition) is 1. The molecule has 1 saturated heterocycles. The van der Waals surface area contributed by atoms with E-state index in [1.165, 1.54) is 51.6 Å². The summed E-state index contributed by atoms with van der Waals surface area (Å²) in [5.74, 6) is 0. The highest BCUT2D eigenvalue weighted by molar-refractivity contribution is 5.67. The van der Waals surface area contributed by atoms with Crippen molar-refractivity contribution in [3.05, 3.63) is 0 Å². The third-order valence-electron chi connectivity index (χ3n) is 4.16. The normalized spacial score (nSPS) is 16.9. The van der Waals surface area contributed by atoms with Crippen molar-refractivity contribution < 1.29 is 9.53 Å². The molecule has 0 spiro atoms. The number of alkyl carbamates (subject to hydrolysis) is 1. The summed E-state index contributed by atoms with van der Waals surface area (Å²) >= 11 is 0. The first-order valence-corrected chi connectivity index (χ1v) is 8.93. The molecule has 0 bridgehead atoms. The number of likely N-dealkylation sites (tertiary alicyclic amines) is 1. The van der Waals surface area contributed by atoms with Crippen LogP contribution in [-0.4, -0.2) is 43.3 Å². The van der Waals surface area contributed by atoms with Crippen LogP contribution in [0.5, 0.6) is 0 Å². The van der Waals surface area contributed by atoms with Crippen LogP contribution in [0.3, 0.4) is 0 Å². The molecule has 1 rings (SSSR count). The fourth-order valence-electron chi connectivity index (χ4n) is 2.90. The second-order valence-corrected chi connectivity index (χ2v) is 6.14. The maximum Gasteiger partial charge on any atom is 0.407 e. The molecule has 0 saturated carbocycles. The molecule has 1 heterocycles. The van der Waals surface area contributed by atoms with Crippen LogP contribution in [0.4, 0.5) is 4.79 Å². The van der Waals surface area contributed by atoms with Crippen molar-refractivity contribution in [2.24, 2.45) is 0 Å². The highest BCUT2D eigenvalue weighted by Gasteiger charge is 2.14. The lowest BCUT2D eigenvalue weighted by Gasteiger charge is -2.19. The third kappa shape index (κ3) is 8.97. The van der Waals surface area contributed by atoms with Gasteiger partial charge in [-0.15, -0.1) is 0 Å². The molecular weight excluding hydrogens is 264 g/mol. The van der Waals surface area contributed by atoms with Gasteiger partial charge >= 0.3 is 6.09 Å². The van der Waals surface area contributed by atoms with Crippen LogP contribution in [0.15, 0.2) is 0 Å². The van der Waals surface area contributed by atoms with Crippen LogP contribution in [0, 0.1) is 0 Å². The van der Waals surface area contributed by atoms with Gasteiger partial charge in [0.2, 0.25) is 0 Å². The molecule has 1 unspecified atom stereocenters. The minimum absolute atomic E-state index is 0.0960. The van der Waals surface area contributed by atoms with E-state index >= 15 is 0 Å². The van der Waals surface area contributed by atoms with E-state index in [0.29, 0.717) is 6.54 Å². The van der Waals surface area contributed by atoms with Crippen LogP contribution in [0.25, 0.3) is 0 Å². The van der Waals surface area contributed by atoms with Crippen LogP contribution in [-0.2, 0) is 4.74 Å².